The van der Waals surface area contributed by atoms with Crippen molar-refractivity contribution >= 4 is 34.9 Å². The molecule has 0 atom stereocenters. The summed E-state index contributed by atoms with van der Waals surface area (Å²) in [5.74, 6) is 1.87. The van der Waals surface area contributed by atoms with E-state index in [0.717, 1.165) is 32.7 Å². The number of anilines is 2. The number of rotatable bonds is 8. The zero-order valence-electron chi connectivity index (χ0n) is 21.2. The quantitative estimate of drug-likeness (QED) is 0.414. The molecule has 0 saturated carbocycles. The number of hydrogen-bond donors (Lipinski definition) is 0. The van der Waals surface area contributed by atoms with E-state index in [1.165, 1.54) is 0 Å². The van der Waals surface area contributed by atoms with Crippen molar-refractivity contribution in [2.45, 2.75) is 60.8 Å². The van der Waals surface area contributed by atoms with Gasteiger partial charge in [-0.3, -0.25) is 0 Å². The Hall–Kier alpha value is -0.197. The summed E-state index contributed by atoms with van der Waals surface area (Å²) in [6.07, 6.45) is 0. The fourth-order valence-electron chi connectivity index (χ4n) is 2.84. The molecule has 0 spiro atoms. The van der Waals surface area contributed by atoms with E-state index >= 15 is 0 Å². The molecule has 4 nitrogen and oxygen atoms in total. The van der Waals surface area contributed by atoms with E-state index in [9.17, 15) is 0 Å². The second-order valence-corrected chi connectivity index (χ2v) is 14.9. The van der Waals surface area contributed by atoms with Crippen molar-refractivity contribution in [3.8, 4) is 11.5 Å². The minimum atomic E-state index is -1.65. The predicted octanol–water partition coefficient (Wildman–Crippen LogP) is 0.978. The Morgan fingerprint density at radius 2 is 0.970 bits per heavy atom. The van der Waals surface area contributed by atoms with Crippen LogP contribution in [0.4, 0.5) is 11.4 Å². The third-order valence-corrected chi connectivity index (χ3v) is 7.72. The number of benzene rings is 2. The van der Waals surface area contributed by atoms with Gasteiger partial charge in [0.25, 0.3) is 0 Å². The summed E-state index contributed by atoms with van der Waals surface area (Å²) in [4.78, 5) is 6.54. The maximum Gasteiger partial charge on any atom is -1.00 e. The van der Waals surface area contributed by atoms with Gasteiger partial charge in [-0.2, -0.15) is 0 Å². The molecule has 0 aliphatic carbocycles. The minimum absolute atomic E-state index is 0. The fourth-order valence-corrected chi connectivity index (χ4v) is 6.86. The minimum Gasteiger partial charge on any atom is -1.00 e. The second-order valence-electron chi connectivity index (χ2n) is 9.71. The maximum atomic E-state index is 6.46. The summed E-state index contributed by atoms with van der Waals surface area (Å²) in [7, 11) is 8.22. The Morgan fingerprint density at radius 1 is 0.636 bits per heavy atom. The van der Waals surface area contributed by atoms with E-state index in [-0.39, 0.29) is 34.3 Å². The van der Waals surface area contributed by atoms with Gasteiger partial charge in [0.1, 0.15) is 0 Å². The molecule has 2 aromatic carbocycles. The average Bonchev–Trinajstić information content (AvgIpc) is 2.60. The van der Waals surface area contributed by atoms with Gasteiger partial charge in [0.2, 0.25) is 0 Å². The smallest absolute Gasteiger partial charge is 1.00 e. The van der Waals surface area contributed by atoms with Gasteiger partial charge in [-0.1, -0.05) is 0 Å². The Kier molecular flexibility index (Phi) is 13.7. The van der Waals surface area contributed by atoms with E-state index in [2.05, 4.69) is 116 Å². The molecule has 184 valence electrons. The normalized spacial score (nSPS) is 11.0. The summed E-state index contributed by atoms with van der Waals surface area (Å²) in [6, 6.07) is 12.7. The SMILES string of the molecule is CN(C)c1cccc(SC(C)(C)C)c1[O][Zr+2][O]c1c(SC(C)(C)C)cccc1N(C)C.[Cl-].[Cl-]. The molecule has 9 heteroatoms. The molecule has 0 fully saturated rings. The number of halogens is 2. The van der Waals surface area contributed by atoms with Crippen LogP contribution in [0.2, 0.25) is 0 Å². The third kappa shape index (κ3) is 10.5. The van der Waals surface area contributed by atoms with E-state index in [4.69, 9.17) is 5.63 Å². The van der Waals surface area contributed by atoms with Crippen molar-refractivity contribution in [2.24, 2.45) is 0 Å². The molecule has 0 aliphatic heterocycles. The molecular formula is C24H36Cl2N2O2S2Zr. The molecule has 0 amide bonds. The van der Waals surface area contributed by atoms with Crippen LogP contribution in [0.5, 0.6) is 11.5 Å². The Morgan fingerprint density at radius 3 is 1.24 bits per heavy atom. The molecule has 0 radical (unpaired) electrons. The summed E-state index contributed by atoms with van der Waals surface area (Å²) in [6.45, 7) is 13.4. The fraction of sp³-hybridized carbons (Fsp3) is 0.500. The molecule has 33 heavy (non-hydrogen) atoms. The monoisotopic (exact) mass is 608 g/mol. The van der Waals surface area contributed by atoms with Crippen molar-refractivity contribution in [3.05, 3.63) is 36.4 Å². The van der Waals surface area contributed by atoms with Gasteiger partial charge in [0.15, 0.2) is 0 Å². The first kappa shape index (κ1) is 32.8. The first-order valence-electron chi connectivity index (χ1n) is 10.4. The molecular weight excluding hydrogens is 575 g/mol. The maximum absolute atomic E-state index is 6.46. The molecule has 0 heterocycles. The largest absolute Gasteiger partial charge is 1.00 e. The number of para-hydroxylation sites is 2. The summed E-state index contributed by atoms with van der Waals surface area (Å²) >= 11 is 2.01. The van der Waals surface area contributed by atoms with Gasteiger partial charge >= 0.3 is 211 Å². The first-order valence-corrected chi connectivity index (χ1v) is 14.0. The molecule has 2 rings (SSSR count). The second kappa shape index (κ2) is 13.8. The average molecular weight is 611 g/mol. The first-order chi connectivity index (χ1) is 14.3. The van der Waals surface area contributed by atoms with Gasteiger partial charge in [0, 0.05) is 0 Å². The Balaban J connectivity index is 0.00000512. The molecule has 0 N–H and O–H groups in total. The van der Waals surface area contributed by atoms with Crippen LogP contribution in [0, 0.1) is 0 Å². The van der Waals surface area contributed by atoms with Crippen molar-refractivity contribution < 1.29 is 54.6 Å². The molecule has 2 aromatic rings. The van der Waals surface area contributed by atoms with Crippen LogP contribution >= 0.6 is 23.5 Å². The van der Waals surface area contributed by atoms with Crippen LogP contribution in [0.15, 0.2) is 46.2 Å². The topological polar surface area (TPSA) is 24.9 Å². The van der Waals surface area contributed by atoms with Crippen LogP contribution < -0.4 is 40.2 Å². The van der Waals surface area contributed by atoms with Crippen LogP contribution in [0.1, 0.15) is 41.5 Å². The predicted molar refractivity (Wildman–Crippen MR) is 134 cm³/mol. The third-order valence-electron chi connectivity index (χ3n) is 4.00. The molecule has 0 unspecified atom stereocenters. The van der Waals surface area contributed by atoms with E-state index in [0.29, 0.717) is 0 Å². The summed E-state index contributed by atoms with van der Waals surface area (Å²) < 4.78 is 13.1. The number of nitrogens with zero attached hydrogens (tertiary/aromatic N) is 2. The van der Waals surface area contributed by atoms with Crippen LogP contribution in [0.25, 0.3) is 0 Å². The van der Waals surface area contributed by atoms with Crippen molar-refractivity contribution in [1.29, 1.82) is 0 Å². The number of hydrogen-bond acceptors (Lipinski definition) is 6. The van der Waals surface area contributed by atoms with Crippen molar-refractivity contribution in [3.63, 3.8) is 0 Å². The molecule has 0 aromatic heterocycles. The zero-order chi connectivity index (χ0) is 23.4. The van der Waals surface area contributed by atoms with E-state index in [1.54, 1.807) is 0 Å². The van der Waals surface area contributed by atoms with E-state index in [1.807, 2.05) is 23.5 Å². The van der Waals surface area contributed by atoms with Crippen LogP contribution in [-0.2, 0) is 24.1 Å². The summed E-state index contributed by atoms with van der Waals surface area (Å²) in [5.41, 5.74) is 2.17. The molecule has 0 bridgehead atoms. The molecule has 0 aliphatic rings. The molecule has 0 saturated heterocycles. The number of thioether (sulfide) groups is 2. The van der Waals surface area contributed by atoms with Gasteiger partial charge in [0.05, 0.1) is 0 Å². The van der Waals surface area contributed by atoms with Crippen molar-refractivity contribution in [2.75, 3.05) is 38.0 Å². The summed E-state index contributed by atoms with van der Waals surface area (Å²) in [5, 5.41) is 0. The van der Waals surface area contributed by atoms with Gasteiger partial charge in [-0.25, -0.2) is 0 Å². The van der Waals surface area contributed by atoms with Crippen LogP contribution in [0.3, 0.4) is 0 Å². The van der Waals surface area contributed by atoms with Crippen molar-refractivity contribution in [1.82, 2.24) is 0 Å². The standard InChI is InChI=1S/2C12H19NOS.2ClH.Zr/c2*1-12(2,3)15-10-8-6-7-9(11(10)14)13(4)5;;;/h2*6-8,14H,1-5H3;2*1H;/q;;;;+4/p-4. The van der Waals surface area contributed by atoms with Gasteiger partial charge in [-0.15, -0.1) is 0 Å². The zero-order valence-corrected chi connectivity index (χ0v) is 26.9. The van der Waals surface area contributed by atoms with E-state index < -0.39 is 24.1 Å². The van der Waals surface area contributed by atoms with Gasteiger partial charge < -0.3 is 24.8 Å². The Bertz CT molecular complexity index is 814. The Labute approximate surface area is 234 Å². The van der Waals surface area contributed by atoms with Crippen LogP contribution in [-0.4, -0.2) is 37.7 Å². The van der Waals surface area contributed by atoms with Gasteiger partial charge in [-0.05, 0) is 0 Å².